The number of rotatable bonds is 12. The van der Waals surface area contributed by atoms with E-state index in [4.69, 9.17) is 15.0 Å². The van der Waals surface area contributed by atoms with Gasteiger partial charge in [-0.15, -0.1) is 0 Å². The predicted molar refractivity (Wildman–Crippen MR) is 611 cm³/mol. The molecule has 0 saturated carbocycles. The molecule has 0 amide bonds. The summed E-state index contributed by atoms with van der Waals surface area (Å²) in [6, 6.07) is 170. The van der Waals surface area contributed by atoms with E-state index < -0.39 is 0 Å². The van der Waals surface area contributed by atoms with E-state index in [0.29, 0.717) is 17.5 Å². The third-order valence-electron chi connectivity index (χ3n) is 33.3. The average molecular weight is 1880 g/mol. The molecule has 0 aliphatic heterocycles. The third-order valence-corrected chi connectivity index (χ3v) is 33.3. The smallest absolute Gasteiger partial charge is 0.164 e. The summed E-state index contributed by atoms with van der Waals surface area (Å²) in [6.45, 7) is 14.2. The Morgan fingerprint density at radius 3 is 0.687 bits per heavy atom. The Morgan fingerprint density at radius 2 is 0.361 bits per heavy atom. The van der Waals surface area contributed by atoms with Crippen LogP contribution in [0.2, 0.25) is 0 Å². The fourth-order valence-corrected chi connectivity index (χ4v) is 26.2. The van der Waals surface area contributed by atoms with Crippen molar-refractivity contribution in [1.29, 1.82) is 0 Å². The standard InChI is InChI=1S/C138H93N9/c1-136(2)115-40-16-7-31-97(115)100-65-59-94(79-118(100)136)145-121-43-19-10-34-103(121)109-62-51-86(76-130(109)145)83-54-68-127-112(73-83)106-37-13-22-46-124(106)142(127)91-57-49-82(50-58-91)133-139-134(89-27-25-29-92(71-89)143-125-47-23-14-38-107(125)113-74-84(55-69-128(113)143)87-52-63-110-104-35-11-20-44-122(104)146(131(110)77-87)95-60-66-101-98-32-8-17-41-116(98)137(3,4)119(101)80-95)141-135(140-133)90-28-26-30-93(72-90)144-126-48-24-15-39-108(126)114-75-85(56-70-129(114)144)88-53-64-111-105-36-12-21-45-123(105)147(132(111)78-88)96-61-67-102-99-33-9-18-42-117(99)138(5,6)120(102)81-96/h7-81H,1-6H3. The molecule has 0 radical (unpaired) electrons. The van der Waals surface area contributed by atoms with Gasteiger partial charge in [0.15, 0.2) is 17.5 Å². The Bertz CT molecular complexity index is 10200. The van der Waals surface area contributed by atoms with E-state index in [1.165, 1.54) is 143 Å². The Morgan fingerprint density at radius 1 is 0.136 bits per heavy atom. The Hall–Kier alpha value is -18.6. The monoisotopic (exact) mass is 1880 g/mol. The predicted octanol–water partition coefficient (Wildman–Crippen LogP) is 35.4. The molecule has 0 N–H and O–H groups in total. The van der Waals surface area contributed by atoms with Crippen molar-refractivity contribution >= 4 is 131 Å². The summed E-state index contributed by atoms with van der Waals surface area (Å²) < 4.78 is 14.7. The van der Waals surface area contributed by atoms with Gasteiger partial charge in [0.1, 0.15) is 0 Å². The van der Waals surface area contributed by atoms with Crippen molar-refractivity contribution in [3.05, 3.63) is 488 Å². The molecule has 147 heavy (non-hydrogen) atoms. The zero-order chi connectivity index (χ0) is 97.3. The molecule has 0 bridgehead atoms. The van der Waals surface area contributed by atoms with E-state index in [0.717, 1.165) is 139 Å². The summed E-state index contributed by atoms with van der Waals surface area (Å²) >= 11 is 0. The molecule has 3 aliphatic carbocycles. The average Bonchev–Trinajstić information content (AvgIpc) is 1.56. The van der Waals surface area contributed by atoms with E-state index >= 15 is 0 Å². The van der Waals surface area contributed by atoms with Crippen molar-refractivity contribution in [1.82, 2.24) is 42.4 Å². The van der Waals surface area contributed by atoms with Gasteiger partial charge in [-0.25, -0.2) is 15.0 Å². The number of aromatic nitrogens is 9. The van der Waals surface area contributed by atoms with Crippen LogP contribution >= 0.6 is 0 Å². The molecular weight excluding hydrogens is 1780 g/mol. The van der Waals surface area contributed by atoms with Crippen molar-refractivity contribution in [2.24, 2.45) is 0 Å². The topological polar surface area (TPSA) is 68.2 Å². The lowest BCUT2D eigenvalue weighted by Gasteiger charge is -2.22. The highest BCUT2D eigenvalue weighted by Gasteiger charge is 2.40. The van der Waals surface area contributed by atoms with Crippen LogP contribution in [-0.2, 0) is 16.2 Å². The van der Waals surface area contributed by atoms with Crippen molar-refractivity contribution < 1.29 is 0 Å². The number of nitrogens with zero attached hydrogens (tertiary/aromatic N) is 9. The first kappa shape index (κ1) is 83.1. The SMILES string of the molecule is CC1(C)c2ccccc2-c2ccc(-n3c4ccccc4c4ccc(-c5ccc6c(c5)c5ccccc5n6-c5ccc(-c6nc(-c7cccc(-n8c9ccccc9c9cc(-c%10ccc%11c%12ccccc%12n(-c%12ccc%13c(c%12)C(C)(C)c%12ccccc%12-%13)c%11c%10)ccc98)c7)nc(-c7cccc(-n8c9ccccc9c9cc(-c%10ccc%11c%12ccccc%12n(-c%12ccc%13c(c%12)C(C)(C)c%12ccccc%12-%13)c%11c%10)ccc98)c7)n6)cc5)cc43)cc21. The second-order valence-electron chi connectivity index (χ2n) is 42.2. The fourth-order valence-electron chi connectivity index (χ4n) is 26.2. The van der Waals surface area contributed by atoms with E-state index in [1.807, 2.05) is 0 Å². The van der Waals surface area contributed by atoms with Gasteiger partial charge < -0.3 is 27.4 Å². The van der Waals surface area contributed by atoms with Crippen LogP contribution in [0.15, 0.2) is 455 Å². The Labute approximate surface area is 848 Å². The number of para-hydroxylation sites is 6. The van der Waals surface area contributed by atoms with Crippen LogP contribution < -0.4 is 0 Å². The molecule has 7 aromatic heterocycles. The first-order valence-corrected chi connectivity index (χ1v) is 51.2. The summed E-state index contributed by atoms with van der Waals surface area (Å²) in [5.41, 5.74) is 45.3. The molecule has 0 fully saturated rings. The normalized spacial score (nSPS) is 13.7. The quantitative estimate of drug-likeness (QED) is 0.122. The van der Waals surface area contributed by atoms with Gasteiger partial charge >= 0.3 is 0 Å². The number of fused-ring (bicyclic) bond motifs is 27. The fraction of sp³-hybridized carbons (Fsp3) is 0.0652. The van der Waals surface area contributed by atoms with E-state index in [1.54, 1.807) is 0 Å². The molecule has 3 aliphatic rings. The summed E-state index contributed by atoms with van der Waals surface area (Å²) in [7, 11) is 0. The lowest BCUT2D eigenvalue weighted by atomic mass is 9.82. The van der Waals surface area contributed by atoms with Crippen molar-refractivity contribution in [3.63, 3.8) is 0 Å². The van der Waals surface area contributed by atoms with Crippen molar-refractivity contribution in [3.8, 4) is 135 Å². The summed E-state index contributed by atoms with van der Waals surface area (Å²) in [5.74, 6) is 1.66. The van der Waals surface area contributed by atoms with Crippen LogP contribution in [0, 0.1) is 0 Å². The first-order valence-electron chi connectivity index (χ1n) is 51.2. The molecule has 0 atom stereocenters. The lowest BCUT2D eigenvalue weighted by molar-refractivity contribution is 0.660. The minimum Gasteiger partial charge on any atom is -0.309 e. The van der Waals surface area contributed by atoms with Gasteiger partial charge in [-0.1, -0.05) is 321 Å². The maximum absolute atomic E-state index is 5.64. The van der Waals surface area contributed by atoms with Crippen LogP contribution in [0.4, 0.5) is 0 Å². The molecule has 21 aromatic carbocycles. The molecule has 0 saturated heterocycles. The minimum atomic E-state index is -0.144. The van der Waals surface area contributed by atoms with E-state index in [9.17, 15) is 0 Å². The molecule has 690 valence electrons. The van der Waals surface area contributed by atoms with Crippen molar-refractivity contribution in [2.75, 3.05) is 0 Å². The molecule has 9 heteroatoms. The van der Waals surface area contributed by atoms with Gasteiger partial charge in [-0.2, -0.15) is 0 Å². The zero-order valence-electron chi connectivity index (χ0n) is 81.8. The zero-order valence-corrected chi connectivity index (χ0v) is 81.8. The van der Waals surface area contributed by atoms with Crippen LogP contribution in [0.3, 0.4) is 0 Å². The molecule has 28 aromatic rings. The second kappa shape index (κ2) is 30.7. The molecule has 7 heterocycles. The maximum Gasteiger partial charge on any atom is 0.164 e. The maximum atomic E-state index is 5.64. The van der Waals surface area contributed by atoms with Crippen LogP contribution in [0.1, 0.15) is 74.9 Å². The van der Waals surface area contributed by atoms with Gasteiger partial charge in [-0.05, 0) is 276 Å². The third kappa shape index (κ3) is 12.1. The lowest BCUT2D eigenvalue weighted by Crippen LogP contribution is -2.15. The number of benzene rings is 21. The Kier molecular flexibility index (Phi) is 17.4. The van der Waals surface area contributed by atoms with E-state index in [-0.39, 0.29) is 16.2 Å². The molecular formula is C138H93N9. The number of hydrogen-bond donors (Lipinski definition) is 0. The van der Waals surface area contributed by atoms with Gasteiger partial charge in [0.25, 0.3) is 0 Å². The number of hydrogen-bond acceptors (Lipinski definition) is 3. The first-order chi connectivity index (χ1) is 72.1. The van der Waals surface area contributed by atoms with Gasteiger partial charge in [0, 0.05) is 132 Å². The van der Waals surface area contributed by atoms with Gasteiger partial charge in [0.05, 0.1) is 66.2 Å². The highest BCUT2D eigenvalue weighted by Crippen LogP contribution is 2.55. The van der Waals surface area contributed by atoms with Crippen LogP contribution in [0.5, 0.6) is 0 Å². The summed E-state index contributed by atoms with van der Waals surface area (Å²) in [5, 5.41) is 14.4. The molecule has 31 rings (SSSR count). The largest absolute Gasteiger partial charge is 0.309 e. The van der Waals surface area contributed by atoms with Crippen LogP contribution in [0.25, 0.3) is 266 Å². The van der Waals surface area contributed by atoms with E-state index in [2.05, 4.69) is 524 Å². The molecule has 9 nitrogen and oxygen atoms in total. The van der Waals surface area contributed by atoms with Gasteiger partial charge in [-0.3, -0.25) is 0 Å². The minimum absolute atomic E-state index is 0.139. The van der Waals surface area contributed by atoms with Crippen molar-refractivity contribution in [2.45, 2.75) is 57.8 Å². The molecule has 0 unspecified atom stereocenters. The summed E-state index contributed by atoms with van der Waals surface area (Å²) in [6.07, 6.45) is 0. The summed E-state index contributed by atoms with van der Waals surface area (Å²) in [4.78, 5) is 16.8. The van der Waals surface area contributed by atoms with Crippen LogP contribution in [-0.4, -0.2) is 42.4 Å². The Balaban J connectivity index is 0.523. The second-order valence-corrected chi connectivity index (χ2v) is 42.2. The van der Waals surface area contributed by atoms with Gasteiger partial charge in [0.2, 0.25) is 0 Å². The highest BCUT2D eigenvalue weighted by atomic mass is 15.1. The highest BCUT2D eigenvalue weighted by molar-refractivity contribution is 6.18. The molecule has 0 spiro atoms.